The summed E-state index contributed by atoms with van der Waals surface area (Å²) in [6.07, 6.45) is 6.02. The Morgan fingerprint density at radius 3 is 1.40 bits per heavy atom. The van der Waals surface area contributed by atoms with Gasteiger partial charge in [0.1, 0.15) is 23.9 Å². The van der Waals surface area contributed by atoms with Crippen LogP contribution < -0.4 is 16.0 Å². The zero-order valence-electron chi connectivity index (χ0n) is 37.6. The number of hydrogen-bond donors (Lipinski definition) is 6. The second-order valence-electron chi connectivity index (χ2n) is 14.9. The zero-order chi connectivity index (χ0) is 47.9. The van der Waals surface area contributed by atoms with Crippen LogP contribution in [-0.2, 0) is 57.4 Å². The van der Waals surface area contributed by atoms with E-state index in [1.807, 2.05) is 19.9 Å². The fourth-order valence-corrected chi connectivity index (χ4v) is 5.40. The predicted molar refractivity (Wildman–Crippen MR) is 225 cm³/mol. The molecule has 3 unspecified atom stereocenters. The normalized spacial score (nSPS) is 13.1. The second kappa shape index (κ2) is 33.1. The Kier molecular flexibility index (Phi) is 30.2. The fraction of sp³-hybridized carbons (Fsp3) is 0.643. The first-order valence-corrected chi connectivity index (χ1v) is 20.8. The van der Waals surface area contributed by atoms with Gasteiger partial charge in [-0.25, -0.2) is 24.8 Å². The van der Waals surface area contributed by atoms with Crippen molar-refractivity contribution in [3.05, 3.63) is 34.9 Å². The van der Waals surface area contributed by atoms with E-state index in [1.54, 1.807) is 20.9 Å². The van der Waals surface area contributed by atoms with E-state index in [0.717, 1.165) is 11.6 Å². The van der Waals surface area contributed by atoms with Gasteiger partial charge in [0.2, 0.25) is 18.2 Å². The van der Waals surface area contributed by atoms with Gasteiger partial charge in [0.05, 0.1) is 19.8 Å². The number of ketones is 1. The highest BCUT2D eigenvalue weighted by molar-refractivity contribution is 5.88. The maximum atomic E-state index is 12.8. The molecule has 0 saturated carbocycles. The SMILES string of the molecule is C/C=C(/C)CCOC(=O)C(CCCN(O)C(=O)/C=C(/C)CCOC(=O)C(CCCN(O)C(=O)/C=C(/C)CCOC(=O)C(CCCN(O)C=O)NC)NC(C)=O)NC(=O)CCC(C)=O. The number of nitrogens with one attached hydrogen (secondary N) is 3. The first kappa shape index (κ1) is 57.5. The number of hydrogen-bond acceptors (Lipinski definition) is 16. The summed E-state index contributed by atoms with van der Waals surface area (Å²) in [6.45, 7) is 9.01. The first-order chi connectivity index (χ1) is 29.7. The van der Waals surface area contributed by atoms with Crippen LogP contribution in [0.4, 0.5) is 0 Å². The molecule has 0 saturated heterocycles. The van der Waals surface area contributed by atoms with Crippen molar-refractivity contribution in [3.63, 3.8) is 0 Å². The van der Waals surface area contributed by atoms with Gasteiger partial charge in [0.25, 0.3) is 11.8 Å². The summed E-state index contributed by atoms with van der Waals surface area (Å²) in [5.41, 5.74) is 1.96. The Bertz CT molecular complexity index is 1620. The Morgan fingerprint density at radius 2 is 0.984 bits per heavy atom. The Labute approximate surface area is 369 Å². The summed E-state index contributed by atoms with van der Waals surface area (Å²) >= 11 is 0. The lowest BCUT2D eigenvalue weighted by Crippen LogP contribution is -2.42. The molecular weight excluding hydrogens is 828 g/mol. The Balaban J connectivity index is 4.98. The molecule has 63 heavy (non-hydrogen) atoms. The number of hydroxylamine groups is 6. The summed E-state index contributed by atoms with van der Waals surface area (Å²) in [5.74, 6) is -4.77. The molecule has 0 fully saturated rings. The molecule has 6 N–H and O–H groups in total. The number of carbonyl (C=O) groups is 9. The molecule has 0 aromatic heterocycles. The fourth-order valence-electron chi connectivity index (χ4n) is 5.40. The van der Waals surface area contributed by atoms with Gasteiger partial charge in [-0.15, -0.1) is 0 Å². The number of esters is 3. The third-order valence-electron chi connectivity index (χ3n) is 9.31. The smallest absolute Gasteiger partial charge is 0.328 e. The predicted octanol–water partition coefficient (Wildman–Crippen LogP) is 2.22. The van der Waals surface area contributed by atoms with Gasteiger partial charge in [-0.2, -0.15) is 0 Å². The van der Waals surface area contributed by atoms with Gasteiger partial charge in [-0.3, -0.25) is 44.4 Å². The highest BCUT2D eigenvalue weighted by Crippen LogP contribution is 2.10. The third-order valence-corrected chi connectivity index (χ3v) is 9.31. The van der Waals surface area contributed by atoms with E-state index in [4.69, 9.17) is 14.2 Å². The van der Waals surface area contributed by atoms with Crippen LogP contribution >= 0.6 is 0 Å². The van der Waals surface area contributed by atoms with Gasteiger partial charge >= 0.3 is 17.9 Å². The first-order valence-electron chi connectivity index (χ1n) is 20.8. The van der Waals surface area contributed by atoms with Crippen molar-refractivity contribution in [3.8, 4) is 0 Å². The minimum absolute atomic E-state index is 0.00282. The number of Topliss-reactive ketones (excluding diaryl/α,β-unsaturated/α-hetero) is 1. The number of nitrogens with zero attached hydrogens (tertiary/aromatic N) is 3. The average molecular weight is 897 g/mol. The quantitative estimate of drug-likeness (QED) is 0.0105. The molecule has 0 spiro atoms. The van der Waals surface area contributed by atoms with Gasteiger partial charge < -0.3 is 35.0 Å². The number of allylic oxidation sites excluding steroid dienone is 1. The van der Waals surface area contributed by atoms with Crippen LogP contribution in [0.3, 0.4) is 0 Å². The highest BCUT2D eigenvalue weighted by Gasteiger charge is 2.24. The maximum absolute atomic E-state index is 12.8. The van der Waals surface area contributed by atoms with Crippen molar-refractivity contribution in [1.29, 1.82) is 0 Å². The van der Waals surface area contributed by atoms with Crippen LogP contribution in [0.2, 0.25) is 0 Å². The van der Waals surface area contributed by atoms with Gasteiger partial charge in [-0.1, -0.05) is 22.8 Å². The molecule has 0 aliphatic heterocycles. The van der Waals surface area contributed by atoms with Gasteiger partial charge in [0, 0.05) is 70.8 Å². The van der Waals surface area contributed by atoms with Crippen LogP contribution in [0.1, 0.15) is 112 Å². The lowest BCUT2D eigenvalue weighted by molar-refractivity contribution is -0.160. The van der Waals surface area contributed by atoms with Crippen molar-refractivity contribution >= 4 is 53.7 Å². The molecule has 0 aromatic rings. The molecule has 21 heteroatoms. The largest absolute Gasteiger partial charge is 0.464 e. The van der Waals surface area contributed by atoms with E-state index in [-0.39, 0.29) is 103 Å². The number of amides is 5. The van der Waals surface area contributed by atoms with E-state index in [1.165, 1.54) is 19.9 Å². The molecule has 0 aliphatic carbocycles. The lowest BCUT2D eigenvalue weighted by atomic mass is 10.1. The van der Waals surface area contributed by atoms with Crippen LogP contribution in [-0.4, -0.2) is 149 Å². The third kappa shape index (κ3) is 27.9. The second-order valence-corrected chi connectivity index (χ2v) is 14.9. The molecule has 0 radical (unpaired) electrons. The summed E-state index contributed by atoms with van der Waals surface area (Å²) in [5, 5.41) is 39.0. The van der Waals surface area contributed by atoms with E-state index >= 15 is 0 Å². The van der Waals surface area contributed by atoms with Crippen molar-refractivity contribution in [2.45, 2.75) is 130 Å². The van der Waals surface area contributed by atoms with Crippen molar-refractivity contribution < 1.29 is 73.0 Å². The molecule has 0 aliphatic rings. The monoisotopic (exact) mass is 896 g/mol. The highest BCUT2D eigenvalue weighted by atomic mass is 16.5. The van der Waals surface area contributed by atoms with E-state index in [9.17, 15) is 58.8 Å². The molecule has 3 atom stereocenters. The lowest BCUT2D eigenvalue weighted by Gasteiger charge is -2.19. The Hall–Kier alpha value is -5.51. The van der Waals surface area contributed by atoms with Crippen LogP contribution in [0.15, 0.2) is 34.9 Å². The summed E-state index contributed by atoms with van der Waals surface area (Å²) in [6, 6.07) is -2.84. The molecule has 5 amide bonds. The minimum Gasteiger partial charge on any atom is -0.464 e. The molecule has 21 nitrogen and oxygen atoms in total. The summed E-state index contributed by atoms with van der Waals surface area (Å²) in [4.78, 5) is 109. The van der Waals surface area contributed by atoms with Crippen LogP contribution in [0, 0.1) is 0 Å². The summed E-state index contributed by atoms with van der Waals surface area (Å²) < 4.78 is 15.9. The number of ether oxygens (including phenoxy) is 3. The standard InChI is InChI=1S/C42H68N6O15/c1-8-29(2)17-23-62-42(57)36(45-37(52)16-15-32(5)50)14-11-22-48(60)39(54)27-31(4)19-25-63-41(56)35(44-33(6)51)13-10-21-47(59)38(53)26-30(3)18-24-61-40(55)34(43-7)12-9-20-46(58)28-49/h8,26-28,34-36,43,58-60H,9-25H2,1-7H3,(H,44,51)(H,45,52)/b29-8-,30-26-,31-27-. The van der Waals surface area contributed by atoms with Crippen LogP contribution in [0.25, 0.3) is 0 Å². The average Bonchev–Trinajstić information content (AvgIpc) is 3.22. The van der Waals surface area contributed by atoms with E-state index in [0.29, 0.717) is 45.6 Å². The zero-order valence-corrected chi connectivity index (χ0v) is 37.6. The minimum atomic E-state index is -1.11. The van der Waals surface area contributed by atoms with Crippen LogP contribution in [0.5, 0.6) is 0 Å². The van der Waals surface area contributed by atoms with Crippen molar-refractivity contribution in [2.75, 3.05) is 46.5 Å². The van der Waals surface area contributed by atoms with Crippen molar-refractivity contribution in [1.82, 2.24) is 31.1 Å². The molecule has 356 valence electrons. The molecule has 0 rings (SSSR count). The maximum Gasteiger partial charge on any atom is 0.328 e. The van der Waals surface area contributed by atoms with Gasteiger partial charge in [-0.05, 0) is 80.2 Å². The molecule has 0 aromatic carbocycles. The summed E-state index contributed by atoms with van der Waals surface area (Å²) in [7, 11) is 1.57. The number of carbonyl (C=O) groups excluding carboxylic acids is 9. The number of rotatable bonds is 33. The number of likely N-dealkylation sites (N-methyl/N-ethyl adjacent to an activating group) is 1. The molecule has 0 heterocycles. The van der Waals surface area contributed by atoms with Crippen molar-refractivity contribution in [2.24, 2.45) is 0 Å². The van der Waals surface area contributed by atoms with Gasteiger partial charge in [0.15, 0.2) is 0 Å². The topological polar surface area (TPSA) is 288 Å². The van der Waals surface area contributed by atoms with E-state index in [2.05, 4.69) is 16.0 Å². The van der Waals surface area contributed by atoms with E-state index < -0.39 is 59.7 Å². The molecular formula is C42H68N6O15. The Morgan fingerprint density at radius 1 is 0.571 bits per heavy atom. The molecule has 0 bridgehead atoms.